The molecule has 0 amide bonds. The smallest absolute Gasteiger partial charge is 0.151 e. The molecular weight excluding hydrogens is 188 g/mol. The maximum atomic E-state index is 11.0. The van der Waals surface area contributed by atoms with E-state index in [-0.39, 0.29) is 0 Å². The largest absolute Gasteiger partial charge is 0.371 e. The maximum absolute atomic E-state index is 11.0. The van der Waals surface area contributed by atoms with Crippen molar-refractivity contribution in [2.24, 2.45) is 11.3 Å². The van der Waals surface area contributed by atoms with E-state index in [1.807, 2.05) is 0 Å². The molecular formula is C13H24O2. The number of methoxy groups -OCH3 is 1. The van der Waals surface area contributed by atoms with Crippen molar-refractivity contribution >= 4 is 6.29 Å². The van der Waals surface area contributed by atoms with E-state index in [0.29, 0.717) is 5.41 Å². The number of rotatable bonds is 4. The fraction of sp³-hybridized carbons (Fsp3) is 0.923. The quantitative estimate of drug-likeness (QED) is 0.669. The lowest BCUT2D eigenvalue weighted by Gasteiger charge is -2.41. The molecule has 2 nitrogen and oxygen atoms in total. The summed E-state index contributed by atoms with van der Waals surface area (Å²) in [6.07, 6.45) is 6.23. The molecule has 0 radical (unpaired) electrons. The molecule has 1 saturated carbocycles. The molecule has 0 bridgehead atoms. The highest BCUT2D eigenvalue weighted by molar-refractivity contribution is 5.62. The second-order valence-corrected chi connectivity index (χ2v) is 5.50. The van der Waals surface area contributed by atoms with E-state index in [9.17, 15) is 4.79 Å². The fourth-order valence-electron chi connectivity index (χ4n) is 2.55. The number of carbonyl (C=O) groups is 1. The highest BCUT2D eigenvalue weighted by Crippen LogP contribution is 2.43. The minimum absolute atomic E-state index is 0.406. The molecule has 15 heavy (non-hydrogen) atoms. The molecule has 0 aromatic carbocycles. The van der Waals surface area contributed by atoms with Gasteiger partial charge in [0.1, 0.15) is 5.60 Å². The lowest BCUT2D eigenvalue weighted by Crippen LogP contribution is -2.40. The highest BCUT2D eigenvalue weighted by Gasteiger charge is 2.39. The van der Waals surface area contributed by atoms with Crippen LogP contribution in [0.5, 0.6) is 0 Å². The number of hydrogen-bond donors (Lipinski definition) is 0. The molecule has 0 unspecified atom stereocenters. The van der Waals surface area contributed by atoms with Crippen LogP contribution in [0.1, 0.15) is 52.9 Å². The molecule has 0 aromatic heterocycles. The van der Waals surface area contributed by atoms with E-state index in [4.69, 9.17) is 4.74 Å². The van der Waals surface area contributed by atoms with Crippen LogP contribution in [0.15, 0.2) is 0 Å². The van der Waals surface area contributed by atoms with Gasteiger partial charge in [-0.2, -0.15) is 0 Å². The molecule has 1 aliphatic rings. The Hall–Kier alpha value is -0.370. The molecule has 1 aliphatic carbocycles. The molecule has 1 rings (SSSR count). The SMILES string of the molecule is CCC(C)(C)C1CCC(C=O)(OC)CC1. The summed E-state index contributed by atoms with van der Waals surface area (Å²) in [5, 5.41) is 0. The normalized spacial score (nSPS) is 32.7. The van der Waals surface area contributed by atoms with Gasteiger partial charge in [0.15, 0.2) is 6.29 Å². The van der Waals surface area contributed by atoms with Gasteiger partial charge in [-0.05, 0) is 37.0 Å². The maximum Gasteiger partial charge on any atom is 0.151 e. The molecule has 2 heteroatoms. The fourth-order valence-corrected chi connectivity index (χ4v) is 2.55. The summed E-state index contributed by atoms with van der Waals surface area (Å²) in [6, 6.07) is 0. The average molecular weight is 212 g/mol. The van der Waals surface area contributed by atoms with Gasteiger partial charge in [-0.25, -0.2) is 0 Å². The summed E-state index contributed by atoms with van der Waals surface area (Å²) in [7, 11) is 1.65. The predicted molar refractivity (Wildman–Crippen MR) is 61.8 cm³/mol. The van der Waals surface area contributed by atoms with Crippen LogP contribution in [0.2, 0.25) is 0 Å². The van der Waals surface area contributed by atoms with Crippen molar-refractivity contribution in [3.63, 3.8) is 0 Å². The number of aldehydes is 1. The Kier molecular flexibility index (Phi) is 3.93. The van der Waals surface area contributed by atoms with Crippen LogP contribution in [-0.4, -0.2) is 19.0 Å². The van der Waals surface area contributed by atoms with Crippen LogP contribution in [0.4, 0.5) is 0 Å². The first-order valence-electron chi connectivity index (χ1n) is 6.01. The lowest BCUT2D eigenvalue weighted by atomic mass is 9.66. The van der Waals surface area contributed by atoms with Crippen molar-refractivity contribution in [1.29, 1.82) is 0 Å². The van der Waals surface area contributed by atoms with Crippen LogP contribution in [0.3, 0.4) is 0 Å². The van der Waals surface area contributed by atoms with Gasteiger partial charge in [0.25, 0.3) is 0 Å². The van der Waals surface area contributed by atoms with E-state index >= 15 is 0 Å². The number of ether oxygens (including phenoxy) is 1. The Balaban J connectivity index is 2.59. The minimum Gasteiger partial charge on any atom is -0.371 e. The monoisotopic (exact) mass is 212 g/mol. The topological polar surface area (TPSA) is 26.3 Å². The Morgan fingerprint density at radius 3 is 2.27 bits per heavy atom. The zero-order valence-electron chi connectivity index (χ0n) is 10.5. The van der Waals surface area contributed by atoms with Gasteiger partial charge in [-0.3, -0.25) is 0 Å². The molecule has 0 atom stereocenters. The zero-order valence-corrected chi connectivity index (χ0v) is 10.5. The molecule has 0 N–H and O–H groups in total. The molecule has 0 saturated heterocycles. The molecule has 0 heterocycles. The third kappa shape index (κ3) is 2.60. The summed E-state index contributed by atoms with van der Waals surface area (Å²) < 4.78 is 5.35. The summed E-state index contributed by atoms with van der Waals surface area (Å²) in [5.74, 6) is 0.741. The summed E-state index contributed by atoms with van der Waals surface area (Å²) in [4.78, 5) is 11.0. The lowest BCUT2D eigenvalue weighted by molar-refractivity contribution is -0.134. The van der Waals surface area contributed by atoms with Gasteiger partial charge >= 0.3 is 0 Å². The van der Waals surface area contributed by atoms with Gasteiger partial charge in [-0.1, -0.05) is 27.2 Å². The van der Waals surface area contributed by atoms with Crippen molar-refractivity contribution in [1.82, 2.24) is 0 Å². The zero-order chi connectivity index (χ0) is 11.5. The van der Waals surface area contributed by atoms with E-state index in [2.05, 4.69) is 20.8 Å². The van der Waals surface area contributed by atoms with Crippen molar-refractivity contribution in [3.05, 3.63) is 0 Å². The van der Waals surface area contributed by atoms with Gasteiger partial charge in [-0.15, -0.1) is 0 Å². The second kappa shape index (κ2) is 4.65. The van der Waals surface area contributed by atoms with Crippen LogP contribution >= 0.6 is 0 Å². The molecule has 1 fully saturated rings. The summed E-state index contributed by atoms with van der Waals surface area (Å²) in [5.41, 5.74) is -0.0664. The van der Waals surface area contributed by atoms with Crippen molar-refractivity contribution in [2.45, 2.75) is 58.5 Å². The van der Waals surface area contributed by atoms with Crippen molar-refractivity contribution < 1.29 is 9.53 Å². The summed E-state index contributed by atoms with van der Waals surface area (Å²) >= 11 is 0. The molecule has 0 aromatic rings. The first kappa shape index (κ1) is 12.7. The van der Waals surface area contributed by atoms with Crippen LogP contribution in [0, 0.1) is 11.3 Å². The van der Waals surface area contributed by atoms with Crippen molar-refractivity contribution in [3.8, 4) is 0 Å². The van der Waals surface area contributed by atoms with E-state index < -0.39 is 5.60 Å². The predicted octanol–water partition coefficient (Wildman–Crippen LogP) is 3.20. The standard InChI is InChI=1S/C13H24O2/c1-5-12(2,3)11-6-8-13(10-14,15-4)9-7-11/h10-11H,5-9H2,1-4H3. The van der Waals surface area contributed by atoms with E-state index in [1.54, 1.807) is 7.11 Å². The Morgan fingerprint density at radius 2 is 1.93 bits per heavy atom. The average Bonchev–Trinajstić information content (AvgIpc) is 2.29. The van der Waals surface area contributed by atoms with Crippen LogP contribution in [0.25, 0.3) is 0 Å². The Labute approximate surface area is 93.4 Å². The van der Waals surface area contributed by atoms with Gasteiger partial charge in [0, 0.05) is 7.11 Å². The van der Waals surface area contributed by atoms with Gasteiger partial charge < -0.3 is 9.53 Å². The highest BCUT2D eigenvalue weighted by atomic mass is 16.5. The molecule has 0 aliphatic heterocycles. The van der Waals surface area contributed by atoms with Crippen LogP contribution < -0.4 is 0 Å². The first-order chi connectivity index (χ1) is 6.99. The second-order valence-electron chi connectivity index (χ2n) is 5.50. The number of hydrogen-bond acceptors (Lipinski definition) is 2. The van der Waals surface area contributed by atoms with Crippen LogP contribution in [-0.2, 0) is 9.53 Å². The third-order valence-electron chi connectivity index (χ3n) is 4.47. The summed E-state index contributed by atoms with van der Waals surface area (Å²) in [6.45, 7) is 6.91. The van der Waals surface area contributed by atoms with Gasteiger partial charge in [0.2, 0.25) is 0 Å². The Morgan fingerprint density at radius 1 is 1.40 bits per heavy atom. The molecule has 0 spiro atoms. The Bertz CT molecular complexity index is 213. The molecule has 88 valence electrons. The first-order valence-corrected chi connectivity index (χ1v) is 6.01. The van der Waals surface area contributed by atoms with Gasteiger partial charge in [0.05, 0.1) is 0 Å². The third-order valence-corrected chi connectivity index (χ3v) is 4.47. The van der Waals surface area contributed by atoms with Crippen molar-refractivity contribution in [2.75, 3.05) is 7.11 Å². The van der Waals surface area contributed by atoms with E-state index in [0.717, 1.165) is 37.9 Å². The number of carbonyl (C=O) groups excluding carboxylic acids is 1. The van der Waals surface area contributed by atoms with E-state index in [1.165, 1.54) is 6.42 Å². The minimum atomic E-state index is -0.472.